The summed E-state index contributed by atoms with van der Waals surface area (Å²) in [5.41, 5.74) is 1.31. The van der Waals surface area contributed by atoms with Gasteiger partial charge in [0.25, 0.3) is 5.91 Å². The van der Waals surface area contributed by atoms with Crippen LogP contribution in [0.1, 0.15) is 22.0 Å². The number of carbonyl (C=O) groups excluding carboxylic acids is 1. The number of carbonyl (C=O) groups is 1. The maximum atomic E-state index is 12.8. The number of methoxy groups -OCH3 is 2. The molecule has 1 N–H and O–H groups in total. The number of halogens is 1. The summed E-state index contributed by atoms with van der Waals surface area (Å²) < 4.78 is 23.4. The average Bonchev–Trinajstić information content (AvgIpc) is 2.56. The molecule has 2 aromatic carbocycles. The molecule has 0 aliphatic carbocycles. The first-order valence-electron chi connectivity index (χ1n) is 6.84. The van der Waals surface area contributed by atoms with Crippen molar-refractivity contribution >= 4 is 5.91 Å². The second-order valence-electron chi connectivity index (χ2n) is 4.72. The summed E-state index contributed by atoms with van der Waals surface area (Å²) in [7, 11) is 3.17. The highest BCUT2D eigenvalue weighted by atomic mass is 19.1. The molecular formula is C17H18FNO3. The van der Waals surface area contributed by atoms with Gasteiger partial charge in [-0.15, -0.1) is 0 Å². The van der Waals surface area contributed by atoms with Gasteiger partial charge in [0.1, 0.15) is 11.6 Å². The van der Waals surface area contributed by atoms with Crippen LogP contribution in [0.5, 0.6) is 5.75 Å². The van der Waals surface area contributed by atoms with Crippen molar-refractivity contribution in [2.45, 2.75) is 6.10 Å². The van der Waals surface area contributed by atoms with Gasteiger partial charge in [0.15, 0.2) is 0 Å². The molecule has 2 aromatic rings. The first-order valence-corrected chi connectivity index (χ1v) is 6.84. The van der Waals surface area contributed by atoms with Crippen molar-refractivity contribution in [2.24, 2.45) is 0 Å². The second kappa shape index (κ2) is 7.56. The van der Waals surface area contributed by atoms with Crippen molar-refractivity contribution in [3.63, 3.8) is 0 Å². The highest BCUT2D eigenvalue weighted by molar-refractivity contribution is 5.94. The molecule has 0 aromatic heterocycles. The van der Waals surface area contributed by atoms with Gasteiger partial charge < -0.3 is 14.8 Å². The van der Waals surface area contributed by atoms with E-state index in [2.05, 4.69) is 5.32 Å². The predicted molar refractivity (Wildman–Crippen MR) is 81.5 cm³/mol. The quantitative estimate of drug-likeness (QED) is 0.892. The normalized spacial score (nSPS) is 11.8. The van der Waals surface area contributed by atoms with Crippen molar-refractivity contribution in [1.82, 2.24) is 5.32 Å². The van der Waals surface area contributed by atoms with E-state index in [9.17, 15) is 9.18 Å². The Morgan fingerprint density at radius 1 is 1.18 bits per heavy atom. The van der Waals surface area contributed by atoms with E-state index >= 15 is 0 Å². The molecule has 1 atom stereocenters. The summed E-state index contributed by atoms with van der Waals surface area (Å²) in [5.74, 6) is 0.0806. The fourth-order valence-corrected chi connectivity index (χ4v) is 2.07. The molecule has 0 bridgehead atoms. The lowest BCUT2D eigenvalue weighted by Gasteiger charge is -2.17. The van der Waals surface area contributed by atoms with Crippen LogP contribution in [0, 0.1) is 5.82 Å². The highest BCUT2D eigenvalue weighted by Crippen LogP contribution is 2.21. The Hall–Kier alpha value is -2.40. The molecule has 1 unspecified atom stereocenters. The van der Waals surface area contributed by atoms with Crippen molar-refractivity contribution < 1.29 is 18.7 Å². The van der Waals surface area contributed by atoms with E-state index in [0.717, 1.165) is 11.3 Å². The lowest BCUT2D eigenvalue weighted by molar-refractivity contribution is 0.0827. The van der Waals surface area contributed by atoms with Crippen LogP contribution in [0.15, 0.2) is 48.5 Å². The lowest BCUT2D eigenvalue weighted by Crippen LogP contribution is -2.29. The zero-order chi connectivity index (χ0) is 15.9. The Morgan fingerprint density at radius 2 is 1.91 bits per heavy atom. The largest absolute Gasteiger partial charge is 0.497 e. The summed E-state index contributed by atoms with van der Waals surface area (Å²) in [6, 6.07) is 12.9. The Labute approximate surface area is 128 Å². The minimum Gasteiger partial charge on any atom is -0.497 e. The number of rotatable bonds is 6. The topological polar surface area (TPSA) is 47.6 Å². The minimum atomic E-state index is -0.373. The van der Waals surface area contributed by atoms with E-state index in [4.69, 9.17) is 9.47 Å². The van der Waals surface area contributed by atoms with Crippen molar-refractivity contribution in [2.75, 3.05) is 20.8 Å². The highest BCUT2D eigenvalue weighted by Gasteiger charge is 2.13. The van der Waals surface area contributed by atoms with E-state index in [1.165, 1.54) is 24.3 Å². The molecule has 0 saturated carbocycles. The van der Waals surface area contributed by atoms with Crippen molar-refractivity contribution in [3.05, 3.63) is 65.5 Å². The van der Waals surface area contributed by atoms with Crippen LogP contribution in [0.3, 0.4) is 0 Å². The number of benzene rings is 2. The molecule has 0 aliphatic heterocycles. The Balaban J connectivity index is 2.01. The molecule has 116 valence electrons. The fraction of sp³-hybridized carbons (Fsp3) is 0.235. The lowest BCUT2D eigenvalue weighted by atomic mass is 10.1. The molecule has 0 spiro atoms. The summed E-state index contributed by atoms with van der Waals surface area (Å²) in [6.07, 6.45) is -0.292. The summed E-state index contributed by atoms with van der Waals surface area (Å²) in [4.78, 5) is 12.0. The van der Waals surface area contributed by atoms with Crippen LogP contribution in [0.4, 0.5) is 4.39 Å². The molecule has 0 saturated heterocycles. The summed E-state index contributed by atoms with van der Waals surface area (Å²) in [5, 5.41) is 2.78. The predicted octanol–water partition coefficient (Wildman–Crippen LogP) is 2.95. The van der Waals surface area contributed by atoms with Gasteiger partial charge in [0.2, 0.25) is 0 Å². The SMILES string of the molecule is COc1cccc(C(CNC(=O)c2ccc(F)cc2)OC)c1. The van der Waals surface area contributed by atoms with Crippen molar-refractivity contribution in [1.29, 1.82) is 0 Å². The molecule has 22 heavy (non-hydrogen) atoms. The third-order valence-electron chi connectivity index (χ3n) is 3.30. The molecule has 0 heterocycles. The van der Waals surface area contributed by atoms with E-state index in [1.807, 2.05) is 24.3 Å². The maximum absolute atomic E-state index is 12.8. The molecule has 4 nitrogen and oxygen atoms in total. The van der Waals surface area contributed by atoms with Gasteiger partial charge in [0.05, 0.1) is 13.2 Å². The first-order chi connectivity index (χ1) is 10.6. The number of nitrogens with one attached hydrogen (secondary N) is 1. The zero-order valence-electron chi connectivity index (χ0n) is 12.5. The Kier molecular flexibility index (Phi) is 5.49. The van der Waals surface area contributed by atoms with Crippen LogP contribution in [-0.4, -0.2) is 26.7 Å². The number of ether oxygens (including phenoxy) is 2. The van der Waals surface area contributed by atoms with Crippen LogP contribution in [0.25, 0.3) is 0 Å². The number of hydrogen-bond acceptors (Lipinski definition) is 3. The van der Waals surface area contributed by atoms with Gasteiger partial charge in [-0.1, -0.05) is 12.1 Å². The number of amides is 1. The van der Waals surface area contributed by atoms with Gasteiger partial charge in [-0.3, -0.25) is 4.79 Å². The zero-order valence-corrected chi connectivity index (χ0v) is 12.5. The van der Waals surface area contributed by atoms with Crippen LogP contribution in [0.2, 0.25) is 0 Å². The van der Waals surface area contributed by atoms with Crippen LogP contribution >= 0.6 is 0 Å². The van der Waals surface area contributed by atoms with Gasteiger partial charge >= 0.3 is 0 Å². The molecule has 0 fully saturated rings. The van der Waals surface area contributed by atoms with Gasteiger partial charge in [-0.2, -0.15) is 0 Å². The summed E-state index contributed by atoms with van der Waals surface area (Å²) >= 11 is 0. The van der Waals surface area contributed by atoms with Gasteiger partial charge in [-0.05, 0) is 42.0 Å². The van der Waals surface area contributed by atoms with E-state index < -0.39 is 0 Å². The monoisotopic (exact) mass is 303 g/mol. The standard InChI is InChI=1S/C17H18FNO3/c1-21-15-5-3-4-13(10-15)16(22-2)11-19-17(20)12-6-8-14(18)9-7-12/h3-10,16H,11H2,1-2H3,(H,19,20). The second-order valence-corrected chi connectivity index (χ2v) is 4.72. The Morgan fingerprint density at radius 3 is 2.55 bits per heavy atom. The minimum absolute atomic E-state index is 0.273. The third-order valence-corrected chi connectivity index (χ3v) is 3.30. The molecule has 5 heteroatoms. The molecule has 0 aliphatic rings. The summed E-state index contributed by atoms with van der Waals surface area (Å²) in [6.45, 7) is 0.305. The average molecular weight is 303 g/mol. The van der Waals surface area contributed by atoms with Gasteiger partial charge in [-0.25, -0.2) is 4.39 Å². The first kappa shape index (κ1) is 16.0. The maximum Gasteiger partial charge on any atom is 0.251 e. The third kappa shape index (κ3) is 4.05. The van der Waals surface area contributed by atoms with E-state index in [1.54, 1.807) is 14.2 Å². The van der Waals surface area contributed by atoms with E-state index in [0.29, 0.717) is 12.1 Å². The van der Waals surface area contributed by atoms with Crippen molar-refractivity contribution in [3.8, 4) is 5.75 Å². The smallest absolute Gasteiger partial charge is 0.251 e. The molecule has 2 rings (SSSR count). The Bertz CT molecular complexity index is 628. The number of hydrogen-bond donors (Lipinski definition) is 1. The molecule has 0 radical (unpaired) electrons. The van der Waals surface area contributed by atoms with Gasteiger partial charge in [0, 0.05) is 19.2 Å². The van der Waals surface area contributed by atoms with Crippen LogP contribution in [-0.2, 0) is 4.74 Å². The molecule has 1 amide bonds. The molecular weight excluding hydrogens is 285 g/mol. The van der Waals surface area contributed by atoms with E-state index in [-0.39, 0.29) is 17.8 Å². The fourth-order valence-electron chi connectivity index (χ4n) is 2.07. The van der Waals surface area contributed by atoms with Crippen LogP contribution < -0.4 is 10.1 Å².